The van der Waals surface area contributed by atoms with Crippen LogP contribution >= 0.6 is 0 Å². The van der Waals surface area contributed by atoms with Crippen LogP contribution in [0.4, 0.5) is 5.69 Å². The van der Waals surface area contributed by atoms with Crippen LogP contribution in [0.3, 0.4) is 0 Å². The van der Waals surface area contributed by atoms with Gasteiger partial charge in [-0.05, 0) is 56.4 Å². The average molecular weight is 275 g/mol. The predicted molar refractivity (Wildman–Crippen MR) is 76.8 cm³/mol. The summed E-state index contributed by atoms with van der Waals surface area (Å²) in [7, 11) is 0. The molecule has 1 fully saturated rings. The first kappa shape index (κ1) is 13.4. The Morgan fingerprint density at radius 3 is 2.80 bits per heavy atom. The highest BCUT2D eigenvalue weighted by atomic mass is 16.5. The number of aliphatic hydroxyl groups excluding tert-OH is 1. The van der Waals surface area contributed by atoms with Gasteiger partial charge in [0.2, 0.25) is 5.91 Å². The van der Waals surface area contributed by atoms with E-state index in [1.165, 1.54) is 0 Å². The third kappa shape index (κ3) is 2.80. The van der Waals surface area contributed by atoms with Crippen LogP contribution in [0.15, 0.2) is 18.2 Å². The maximum absolute atomic E-state index is 12.2. The summed E-state index contributed by atoms with van der Waals surface area (Å²) in [4.78, 5) is 12.2. The number of carbonyl (C=O) groups excluding carboxylic acids is 1. The van der Waals surface area contributed by atoms with E-state index in [9.17, 15) is 9.90 Å². The van der Waals surface area contributed by atoms with Gasteiger partial charge in [-0.2, -0.15) is 0 Å². The highest BCUT2D eigenvalue weighted by Crippen LogP contribution is 2.31. The Kier molecular flexibility index (Phi) is 3.66. The molecule has 1 heterocycles. The molecule has 1 aliphatic heterocycles. The van der Waals surface area contributed by atoms with Gasteiger partial charge < -0.3 is 15.2 Å². The zero-order valence-electron chi connectivity index (χ0n) is 11.8. The zero-order valence-corrected chi connectivity index (χ0v) is 11.8. The van der Waals surface area contributed by atoms with Crippen molar-refractivity contribution in [3.63, 3.8) is 0 Å². The molecule has 0 radical (unpaired) electrons. The van der Waals surface area contributed by atoms with Crippen LogP contribution in [-0.2, 0) is 11.2 Å². The fourth-order valence-electron chi connectivity index (χ4n) is 3.08. The summed E-state index contributed by atoms with van der Waals surface area (Å²) in [6.07, 6.45) is 3.90. The lowest BCUT2D eigenvalue weighted by Crippen LogP contribution is -2.28. The maximum Gasteiger partial charge on any atom is 0.227 e. The molecule has 1 aromatic carbocycles. The summed E-state index contributed by atoms with van der Waals surface area (Å²) in [5, 5.41) is 12.5. The van der Waals surface area contributed by atoms with Crippen molar-refractivity contribution in [2.24, 2.45) is 5.92 Å². The second-order valence-corrected chi connectivity index (χ2v) is 5.95. The number of amides is 1. The van der Waals surface area contributed by atoms with Crippen LogP contribution in [0.2, 0.25) is 0 Å². The van der Waals surface area contributed by atoms with Gasteiger partial charge in [-0.25, -0.2) is 0 Å². The van der Waals surface area contributed by atoms with Crippen molar-refractivity contribution in [3.05, 3.63) is 23.8 Å². The Hall–Kier alpha value is -1.55. The Morgan fingerprint density at radius 1 is 1.30 bits per heavy atom. The van der Waals surface area contributed by atoms with Crippen LogP contribution in [0.25, 0.3) is 0 Å². The van der Waals surface area contributed by atoms with Gasteiger partial charge in [0.05, 0.1) is 6.10 Å². The van der Waals surface area contributed by atoms with Crippen molar-refractivity contribution in [1.82, 2.24) is 0 Å². The molecule has 0 spiro atoms. The van der Waals surface area contributed by atoms with E-state index in [-0.39, 0.29) is 24.0 Å². The van der Waals surface area contributed by atoms with E-state index in [2.05, 4.69) is 5.32 Å². The minimum absolute atomic E-state index is 0.0295. The van der Waals surface area contributed by atoms with E-state index in [0.29, 0.717) is 0 Å². The fourth-order valence-corrected chi connectivity index (χ4v) is 3.08. The number of aliphatic hydroxyl groups is 1. The maximum atomic E-state index is 12.2. The summed E-state index contributed by atoms with van der Waals surface area (Å²) in [5.74, 6) is 1.03. The van der Waals surface area contributed by atoms with Crippen LogP contribution in [0.5, 0.6) is 5.75 Å². The zero-order chi connectivity index (χ0) is 14.1. The lowest BCUT2D eigenvalue weighted by atomic mass is 9.87. The molecule has 2 N–H and O–H groups in total. The predicted octanol–water partition coefficient (Wildman–Crippen LogP) is 2.50. The number of anilines is 1. The number of rotatable bonds is 2. The number of ether oxygens (including phenoxy) is 1. The standard InChI is InChI=1S/C16H21NO3/c1-10-8-12-9-13(4-7-15(12)20-10)17-16(19)11-2-5-14(18)6-3-11/h4,7,9-11,14,18H,2-3,5-6,8H2,1H3,(H,17,19). The molecule has 20 heavy (non-hydrogen) atoms. The van der Waals surface area contributed by atoms with E-state index in [1.54, 1.807) is 0 Å². The molecule has 1 saturated carbocycles. The van der Waals surface area contributed by atoms with E-state index < -0.39 is 0 Å². The molecule has 108 valence electrons. The fraction of sp³-hybridized carbons (Fsp3) is 0.562. The molecule has 2 aliphatic rings. The van der Waals surface area contributed by atoms with Gasteiger partial charge in [0.15, 0.2) is 0 Å². The summed E-state index contributed by atoms with van der Waals surface area (Å²) in [6, 6.07) is 5.83. The molecule has 1 amide bonds. The van der Waals surface area contributed by atoms with Gasteiger partial charge in [-0.15, -0.1) is 0 Å². The first-order chi connectivity index (χ1) is 9.61. The molecule has 3 rings (SSSR count). The largest absolute Gasteiger partial charge is 0.490 e. The highest BCUT2D eigenvalue weighted by molar-refractivity contribution is 5.92. The summed E-state index contributed by atoms with van der Waals surface area (Å²) in [6.45, 7) is 2.05. The van der Waals surface area contributed by atoms with Crippen molar-refractivity contribution >= 4 is 11.6 Å². The molecule has 4 nitrogen and oxygen atoms in total. The van der Waals surface area contributed by atoms with Crippen molar-refractivity contribution < 1.29 is 14.6 Å². The second-order valence-electron chi connectivity index (χ2n) is 5.95. The van der Waals surface area contributed by atoms with Crippen molar-refractivity contribution in [1.29, 1.82) is 0 Å². The molecule has 1 unspecified atom stereocenters. The van der Waals surface area contributed by atoms with E-state index >= 15 is 0 Å². The van der Waals surface area contributed by atoms with E-state index in [4.69, 9.17) is 4.74 Å². The first-order valence-corrected chi connectivity index (χ1v) is 7.40. The van der Waals surface area contributed by atoms with Gasteiger partial charge in [0.25, 0.3) is 0 Å². The monoisotopic (exact) mass is 275 g/mol. The van der Waals surface area contributed by atoms with Gasteiger partial charge in [-0.3, -0.25) is 4.79 Å². The molecule has 1 atom stereocenters. The smallest absolute Gasteiger partial charge is 0.227 e. The third-order valence-corrected chi connectivity index (χ3v) is 4.23. The molecule has 4 heteroatoms. The number of hydrogen-bond acceptors (Lipinski definition) is 3. The van der Waals surface area contributed by atoms with Crippen molar-refractivity contribution in [2.75, 3.05) is 5.32 Å². The Bertz CT molecular complexity index is 506. The van der Waals surface area contributed by atoms with E-state index in [0.717, 1.165) is 49.1 Å². The quantitative estimate of drug-likeness (QED) is 0.872. The Labute approximate surface area is 119 Å². The summed E-state index contributed by atoms with van der Waals surface area (Å²) in [5.41, 5.74) is 2.01. The lowest BCUT2D eigenvalue weighted by molar-refractivity contribution is -0.121. The molecule has 1 aliphatic carbocycles. The topological polar surface area (TPSA) is 58.6 Å². The molecule has 0 saturated heterocycles. The van der Waals surface area contributed by atoms with Crippen LogP contribution in [0.1, 0.15) is 38.2 Å². The number of benzene rings is 1. The molecule has 1 aromatic rings. The third-order valence-electron chi connectivity index (χ3n) is 4.23. The number of fused-ring (bicyclic) bond motifs is 1. The van der Waals surface area contributed by atoms with Gasteiger partial charge in [-0.1, -0.05) is 0 Å². The number of hydrogen-bond donors (Lipinski definition) is 2. The SMILES string of the molecule is CC1Cc2cc(NC(=O)C3CCC(O)CC3)ccc2O1. The Morgan fingerprint density at radius 2 is 2.05 bits per heavy atom. The van der Waals surface area contributed by atoms with Crippen molar-refractivity contribution in [3.8, 4) is 5.75 Å². The lowest BCUT2D eigenvalue weighted by Gasteiger charge is -2.24. The normalized spacial score (nSPS) is 28.6. The minimum Gasteiger partial charge on any atom is -0.490 e. The number of nitrogens with one attached hydrogen (secondary N) is 1. The molecule has 0 aromatic heterocycles. The van der Waals surface area contributed by atoms with Gasteiger partial charge >= 0.3 is 0 Å². The van der Waals surface area contributed by atoms with Gasteiger partial charge in [0.1, 0.15) is 11.9 Å². The van der Waals surface area contributed by atoms with Crippen LogP contribution in [-0.4, -0.2) is 23.2 Å². The summed E-state index contributed by atoms with van der Waals surface area (Å²) >= 11 is 0. The Balaban J connectivity index is 1.63. The number of carbonyl (C=O) groups is 1. The highest BCUT2D eigenvalue weighted by Gasteiger charge is 2.25. The summed E-state index contributed by atoms with van der Waals surface area (Å²) < 4.78 is 5.65. The van der Waals surface area contributed by atoms with Crippen molar-refractivity contribution in [2.45, 2.75) is 51.2 Å². The van der Waals surface area contributed by atoms with Gasteiger partial charge in [0, 0.05) is 18.0 Å². The van der Waals surface area contributed by atoms with Crippen LogP contribution in [0, 0.1) is 5.92 Å². The second kappa shape index (κ2) is 5.44. The molecular weight excluding hydrogens is 254 g/mol. The molecular formula is C16H21NO3. The van der Waals surface area contributed by atoms with E-state index in [1.807, 2.05) is 25.1 Å². The molecule has 0 bridgehead atoms. The average Bonchev–Trinajstić information content (AvgIpc) is 2.78. The van der Waals surface area contributed by atoms with Crippen LogP contribution < -0.4 is 10.1 Å². The minimum atomic E-state index is -0.224. The first-order valence-electron chi connectivity index (χ1n) is 7.40.